The van der Waals surface area contributed by atoms with Crippen molar-refractivity contribution in [1.82, 2.24) is 15.5 Å². The minimum atomic E-state index is -0.249. The Morgan fingerprint density at radius 3 is 2.71 bits per heavy atom. The van der Waals surface area contributed by atoms with Gasteiger partial charge in [0.15, 0.2) is 0 Å². The fourth-order valence-corrected chi connectivity index (χ4v) is 1.79. The van der Waals surface area contributed by atoms with Crippen molar-refractivity contribution in [3.8, 4) is 0 Å². The summed E-state index contributed by atoms with van der Waals surface area (Å²) in [7, 11) is 1.83. The van der Waals surface area contributed by atoms with Crippen LogP contribution in [0.3, 0.4) is 0 Å². The van der Waals surface area contributed by atoms with E-state index < -0.39 is 0 Å². The maximum atomic E-state index is 13.2. The summed E-state index contributed by atoms with van der Waals surface area (Å²) in [5, 5.41) is 11.3. The second kappa shape index (κ2) is 6.22. The molecule has 114 valence electrons. The molecule has 6 heteroatoms. The fourth-order valence-electron chi connectivity index (χ4n) is 1.79. The second-order valence-corrected chi connectivity index (χ2v) is 6.07. The van der Waals surface area contributed by atoms with Crippen LogP contribution < -0.4 is 10.2 Å². The van der Waals surface area contributed by atoms with Gasteiger partial charge in [-0.25, -0.2) is 4.39 Å². The van der Waals surface area contributed by atoms with Crippen LogP contribution >= 0.6 is 0 Å². The molecule has 0 radical (unpaired) electrons. The number of rotatable bonds is 5. The van der Waals surface area contributed by atoms with E-state index in [1.807, 2.05) is 13.1 Å². The summed E-state index contributed by atoms with van der Waals surface area (Å²) in [6, 6.07) is 6.88. The van der Waals surface area contributed by atoms with Crippen molar-refractivity contribution in [2.24, 2.45) is 0 Å². The minimum Gasteiger partial charge on any atom is -0.407 e. The van der Waals surface area contributed by atoms with E-state index in [1.54, 1.807) is 11.0 Å². The maximum Gasteiger partial charge on any atom is 0.318 e. The predicted octanol–water partition coefficient (Wildman–Crippen LogP) is 2.73. The molecule has 0 amide bonds. The van der Waals surface area contributed by atoms with Gasteiger partial charge in [-0.05, 0) is 38.5 Å². The molecule has 0 aliphatic carbocycles. The highest BCUT2D eigenvalue weighted by Gasteiger charge is 2.14. The van der Waals surface area contributed by atoms with Crippen molar-refractivity contribution in [2.45, 2.75) is 39.4 Å². The molecule has 2 aromatic rings. The number of halogens is 1. The van der Waals surface area contributed by atoms with Gasteiger partial charge in [-0.3, -0.25) is 0 Å². The van der Waals surface area contributed by atoms with Crippen LogP contribution in [-0.2, 0) is 13.1 Å². The van der Waals surface area contributed by atoms with Crippen LogP contribution in [0.4, 0.5) is 10.4 Å². The van der Waals surface area contributed by atoms with Crippen LogP contribution in [0.2, 0.25) is 0 Å². The normalized spacial score (nSPS) is 11.7. The molecule has 0 saturated heterocycles. The van der Waals surface area contributed by atoms with E-state index >= 15 is 0 Å². The average Bonchev–Trinajstić information content (AvgIpc) is 2.84. The maximum absolute atomic E-state index is 13.2. The van der Waals surface area contributed by atoms with Gasteiger partial charge in [0.05, 0.1) is 6.54 Å². The zero-order chi connectivity index (χ0) is 15.5. The van der Waals surface area contributed by atoms with Crippen LogP contribution in [0.25, 0.3) is 0 Å². The molecule has 5 nitrogen and oxygen atoms in total. The number of nitrogens with zero attached hydrogens (tertiary/aromatic N) is 3. The molecule has 21 heavy (non-hydrogen) atoms. The van der Waals surface area contributed by atoms with Gasteiger partial charge >= 0.3 is 6.01 Å². The standard InChI is InChI=1S/C15H21FN4O/c1-15(2,3)17-9-13-18-19-14(21-13)20(4)10-11-6-5-7-12(16)8-11/h5-8,17H,9-10H2,1-4H3. The van der Waals surface area contributed by atoms with Gasteiger partial charge in [0.25, 0.3) is 0 Å². The van der Waals surface area contributed by atoms with E-state index in [0.29, 0.717) is 25.0 Å². The number of anilines is 1. The minimum absolute atomic E-state index is 0.0118. The third-order valence-corrected chi connectivity index (χ3v) is 2.86. The Bertz CT molecular complexity index is 591. The molecule has 1 heterocycles. The predicted molar refractivity (Wildman–Crippen MR) is 79.4 cm³/mol. The van der Waals surface area contributed by atoms with Gasteiger partial charge in [0.1, 0.15) is 5.82 Å². The number of hydrogen-bond donors (Lipinski definition) is 1. The number of aromatic nitrogens is 2. The van der Waals surface area contributed by atoms with Gasteiger partial charge in [-0.1, -0.05) is 17.2 Å². The Morgan fingerprint density at radius 2 is 2.05 bits per heavy atom. The Labute approximate surface area is 124 Å². The average molecular weight is 292 g/mol. The lowest BCUT2D eigenvalue weighted by atomic mass is 10.1. The van der Waals surface area contributed by atoms with Gasteiger partial charge in [-0.2, -0.15) is 0 Å². The van der Waals surface area contributed by atoms with E-state index in [4.69, 9.17) is 4.42 Å². The first kappa shape index (κ1) is 15.4. The SMILES string of the molecule is CN(Cc1cccc(F)c1)c1nnc(CNC(C)(C)C)o1. The summed E-state index contributed by atoms with van der Waals surface area (Å²) in [5.74, 6) is 0.285. The highest BCUT2D eigenvalue weighted by atomic mass is 19.1. The zero-order valence-electron chi connectivity index (χ0n) is 12.9. The van der Waals surface area contributed by atoms with E-state index in [9.17, 15) is 4.39 Å². The van der Waals surface area contributed by atoms with E-state index in [1.165, 1.54) is 12.1 Å². The van der Waals surface area contributed by atoms with Crippen molar-refractivity contribution < 1.29 is 8.81 Å². The lowest BCUT2D eigenvalue weighted by Crippen LogP contribution is -2.35. The first-order chi connectivity index (χ1) is 9.83. The Morgan fingerprint density at radius 1 is 1.29 bits per heavy atom. The van der Waals surface area contributed by atoms with E-state index in [0.717, 1.165) is 5.56 Å². The van der Waals surface area contributed by atoms with Crippen LogP contribution in [0.1, 0.15) is 32.2 Å². The lowest BCUT2D eigenvalue weighted by Gasteiger charge is -2.18. The summed E-state index contributed by atoms with van der Waals surface area (Å²) in [5.41, 5.74) is 0.840. The summed E-state index contributed by atoms with van der Waals surface area (Å²) in [6.45, 7) is 7.23. The molecule has 0 fully saturated rings. The summed E-state index contributed by atoms with van der Waals surface area (Å²) in [4.78, 5) is 1.79. The first-order valence-electron chi connectivity index (χ1n) is 6.86. The molecule has 0 spiro atoms. The Kier molecular flexibility index (Phi) is 4.57. The second-order valence-electron chi connectivity index (χ2n) is 6.07. The molecular formula is C15H21FN4O. The summed E-state index contributed by atoms with van der Waals surface area (Å²) in [6.07, 6.45) is 0. The molecule has 0 bridgehead atoms. The number of hydrogen-bond acceptors (Lipinski definition) is 5. The fraction of sp³-hybridized carbons (Fsp3) is 0.467. The smallest absolute Gasteiger partial charge is 0.318 e. The van der Waals surface area contributed by atoms with Crippen LogP contribution in [0.5, 0.6) is 0 Å². The third kappa shape index (κ3) is 4.82. The summed E-state index contributed by atoms with van der Waals surface area (Å²) < 4.78 is 18.7. The van der Waals surface area contributed by atoms with Crippen LogP contribution in [0.15, 0.2) is 28.7 Å². The third-order valence-electron chi connectivity index (χ3n) is 2.86. The van der Waals surface area contributed by atoms with Gasteiger partial charge in [0, 0.05) is 19.1 Å². The van der Waals surface area contributed by atoms with Crippen LogP contribution in [0, 0.1) is 5.82 Å². The number of benzene rings is 1. The molecule has 0 saturated carbocycles. The van der Waals surface area contributed by atoms with Crippen molar-refractivity contribution in [1.29, 1.82) is 0 Å². The molecule has 0 aliphatic rings. The van der Waals surface area contributed by atoms with Crippen molar-refractivity contribution in [3.05, 3.63) is 41.5 Å². The quantitative estimate of drug-likeness (QED) is 0.918. The van der Waals surface area contributed by atoms with Crippen LogP contribution in [-0.4, -0.2) is 22.8 Å². The lowest BCUT2D eigenvalue weighted by molar-refractivity contribution is 0.381. The molecule has 1 aromatic carbocycles. The molecular weight excluding hydrogens is 271 g/mol. The van der Waals surface area contributed by atoms with Crippen molar-refractivity contribution >= 4 is 6.01 Å². The largest absolute Gasteiger partial charge is 0.407 e. The monoisotopic (exact) mass is 292 g/mol. The zero-order valence-corrected chi connectivity index (χ0v) is 12.9. The van der Waals surface area contributed by atoms with E-state index in [2.05, 4.69) is 36.3 Å². The van der Waals surface area contributed by atoms with Gasteiger partial charge in [-0.15, -0.1) is 5.10 Å². The Balaban J connectivity index is 1.97. The Hall–Kier alpha value is -1.95. The molecule has 0 aliphatic heterocycles. The van der Waals surface area contributed by atoms with Crippen molar-refractivity contribution in [2.75, 3.05) is 11.9 Å². The number of nitrogens with one attached hydrogen (secondary N) is 1. The van der Waals surface area contributed by atoms with E-state index in [-0.39, 0.29) is 11.4 Å². The topological polar surface area (TPSA) is 54.2 Å². The van der Waals surface area contributed by atoms with Crippen molar-refractivity contribution in [3.63, 3.8) is 0 Å². The molecule has 1 aromatic heterocycles. The molecule has 0 unspecified atom stereocenters. The van der Waals surface area contributed by atoms with Gasteiger partial charge < -0.3 is 14.6 Å². The molecule has 0 atom stereocenters. The summed E-state index contributed by atoms with van der Waals surface area (Å²) >= 11 is 0. The molecule has 2 rings (SSSR count). The first-order valence-corrected chi connectivity index (χ1v) is 6.86. The highest BCUT2D eigenvalue weighted by molar-refractivity contribution is 5.27. The molecule has 1 N–H and O–H groups in total. The highest BCUT2D eigenvalue weighted by Crippen LogP contribution is 2.15. The van der Waals surface area contributed by atoms with Gasteiger partial charge in [0.2, 0.25) is 5.89 Å².